The summed E-state index contributed by atoms with van der Waals surface area (Å²) in [6.45, 7) is 2.35. The van der Waals surface area contributed by atoms with Gasteiger partial charge in [0, 0.05) is 13.8 Å². The van der Waals surface area contributed by atoms with Crippen molar-refractivity contribution < 1.29 is 23.9 Å². The fourth-order valence-electron chi connectivity index (χ4n) is 1.19. The second-order valence-electron chi connectivity index (χ2n) is 3.18. The quantitative estimate of drug-likeness (QED) is 0.614. The largest absolute Gasteiger partial charge is 0.423 e. The number of esters is 2. The number of ether oxygens (including phenoxy) is 2. The van der Waals surface area contributed by atoms with Crippen LogP contribution >= 0.6 is 0 Å². The Morgan fingerprint density at radius 1 is 1.06 bits per heavy atom. The van der Waals surface area contributed by atoms with E-state index >= 15 is 0 Å². The van der Waals surface area contributed by atoms with E-state index in [1.165, 1.54) is 25.1 Å². The topological polar surface area (TPSA) is 95.7 Å². The normalized spacial score (nSPS) is 9.53. The monoisotopic (exact) mass is 237 g/mol. The molecule has 1 aromatic rings. The maximum absolute atomic E-state index is 11.1. The number of benzene rings is 1. The summed E-state index contributed by atoms with van der Waals surface area (Å²) in [4.78, 5) is 32.9. The number of carbonyl (C=O) groups excluding carboxylic acids is 3. The highest BCUT2D eigenvalue weighted by Crippen LogP contribution is 2.31. The molecule has 1 rings (SSSR count). The van der Waals surface area contributed by atoms with Gasteiger partial charge in [0.15, 0.2) is 11.5 Å². The van der Waals surface area contributed by atoms with Gasteiger partial charge in [-0.3, -0.25) is 14.4 Å². The molecule has 0 unspecified atom stereocenters. The molecule has 6 nitrogen and oxygen atoms in total. The fraction of sp³-hybridized carbons (Fsp3) is 0.182. The van der Waals surface area contributed by atoms with Gasteiger partial charge < -0.3 is 15.2 Å². The van der Waals surface area contributed by atoms with Crippen molar-refractivity contribution >= 4 is 17.8 Å². The van der Waals surface area contributed by atoms with E-state index in [4.69, 9.17) is 15.2 Å². The molecule has 0 atom stereocenters. The number of nitrogens with two attached hydrogens (primary N) is 1. The van der Waals surface area contributed by atoms with Crippen LogP contribution in [0.25, 0.3) is 0 Å². The molecule has 17 heavy (non-hydrogen) atoms. The van der Waals surface area contributed by atoms with Crippen LogP contribution in [-0.2, 0) is 9.59 Å². The van der Waals surface area contributed by atoms with E-state index in [2.05, 4.69) is 0 Å². The Hall–Kier alpha value is -2.37. The SMILES string of the molecule is CC(=O)Oc1cccc(C(N)=O)c1OC(C)=O. The van der Waals surface area contributed by atoms with Crippen LogP contribution in [0.5, 0.6) is 11.5 Å². The molecule has 0 saturated heterocycles. The van der Waals surface area contributed by atoms with Crippen LogP contribution in [0, 0.1) is 0 Å². The van der Waals surface area contributed by atoms with E-state index in [9.17, 15) is 14.4 Å². The lowest BCUT2D eigenvalue weighted by molar-refractivity contribution is -0.134. The molecular formula is C11H11NO5. The van der Waals surface area contributed by atoms with Crippen molar-refractivity contribution in [3.63, 3.8) is 0 Å². The summed E-state index contributed by atoms with van der Waals surface area (Å²) in [6, 6.07) is 4.23. The Morgan fingerprint density at radius 2 is 1.65 bits per heavy atom. The van der Waals surface area contributed by atoms with Gasteiger partial charge in [-0.2, -0.15) is 0 Å². The summed E-state index contributed by atoms with van der Waals surface area (Å²) in [5.41, 5.74) is 5.09. The van der Waals surface area contributed by atoms with Gasteiger partial charge in [0.05, 0.1) is 5.56 Å². The van der Waals surface area contributed by atoms with Gasteiger partial charge in [0.1, 0.15) is 0 Å². The minimum Gasteiger partial charge on any atom is -0.423 e. The number of hydrogen-bond donors (Lipinski definition) is 1. The molecule has 1 amide bonds. The van der Waals surface area contributed by atoms with Crippen molar-refractivity contribution in [2.75, 3.05) is 0 Å². The molecule has 0 heterocycles. The number of amides is 1. The Bertz CT molecular complexity index is 481. The van der Waals surface area contributed by atoms with Crippen molar-refractivity contribution in [2.24, 2.45) is 5.73 Å². The highest BCUT2D eigenvalue weighted by molar-refractivity contribution is 5.97. The summed E-state index contributed by atoms with van der Waals surface area (Å²) in [5, 5.41) is 0. The van der Waals surface area contributed by atoms with Crippen LogP contribution in [0.4, 0.5) is 0 Å². The zero-order valence-electron chi connectivity index (χ0n) is 9.35. The minimum absolute atomic E-state index is 0.0241. The van der Waals surface area contributed by atoms with Crippen molar-refractivity contribution in [1.82, 2.24) is 0 Å². The number of primary amides is 1. The molecule has 0 saturated carbocycles. The molecule has 0 aliphatic heterocycles. The second kappa shape index (κ2) is 5.11. The van der Waals surface area contributed by atoms with Crippen LogP contribution in [0.3, 0.4) is 0 Å². The van der Waals surface area contributed by atoms with Gasteiger partial charge in [-0.1, -0.05) is 6.07 Å². The van der Waals surface area contributed by atoms with E-state index in [0.29, 0.717) is 0 Å². The lowest BCUT2D eigenvalue weighted by Crippen LogP contribution is -2.16. The Balaban J connectivity index is 3.28. The van der Waals surface area contributed by atoms with Crippen LogP contribution in [0.1, 0.15) is 24.2 Å². The predicted octanol–water partition coefficient (Wildman–Crippen LogP) is 0.636. The van der Waals surface area contributed by atoms with Crippen LogP contribution in [0.15, 0.2) is 18.2 Å². The van der Waals surface area contributed by atoms with Crippen molar-refractivity contribution in [1.29, 1.82) is 0 Å². The molecule has 1 aromatic carbocycles. The van der Waals surface area contributed by atoms with Crippen LogP contribution < -0.4 is 15.2 Å². The number of para-hydroxylation sites is 1. The van der Waals surface area contributed by atoms with Crippen LogP contribution in [-0.4, -0.2) is 17.8 Å². The molecule has 90 valence electrons. The average Bonchev–Trinajstić information content (AvgIpc) is 2.18. The molecule has 2 N–H and O–H groups in total. The number of hydrogen-bond acceptors (Lipinski definition) is 5. The molecule has 0 bridgehead atoms. The third kappa shape index (κ3) is 3.30. The van der Waals surface area contributed by atoms with Crippen molar-refractivity contribution in [3.8, 4) is 11.5 Å². The fourth-order valence-corrected chi connectivity index (χ4v) is 1.19. The number of carbonyl (C=O) groups is 3. The maximum atomic E-state index is 11.1. The Kier molecular flexibility index (Phi) is 3.82. The molecule has 0 aromatic heterocycles. The summed E-state index contributed by atoms with van der Waals surface area (Å²) < 4.78 is 9.63. The zero-order chi connectivity index (χ0) is 13.0. The zero-order valence-corrected chi connectivity index (χ0v) is 9.35. The van der Waals surface area contributed by atoms with E-state index < -0.39 is 17.8 Å². The molecule has 0 aliphatic rings. The summed E-state index contributed by atoms with van der Waals surface area (Å²) in [6.07, 6.45) is 0. The summed E-state index contributed by atoms with van der Waals surface area (Å²) in [7, 11) is 0. The van der Waals surface area contributed by atoms with E-state index in [1.807, 2.05) is 0 Å². The van der Waals surface area contributed by atoms with Gasteiger partial charge in [0.2, 0.25) is 0 Å². The maximum Gasteiger partial charge on any atom is 0.308 e. The van der Waals surface area contributed by atoms with Crippen molar-refractivity contribution in [3.05, 3.63) is 23.8 Å². The molecule has 0 radical (unpaired) electrons. The van der Waals surface area contributed by atoms with E-state index in [0.717, 1.165) is 6.92 Å². The van der Waals surface area contributed by atoms with Crippen LogP contribution in [0.2, 0.25) is 0 Å². The molecule has 0 aliphatic carbocycles. The summed E-state index contributed by atoms with van der Waals surface area (Å²) in [5.74, 6) is -2.20. The Labute approximate surface area is 97.3 Å². The van der Waals surface area contributed by atoms with Crippen molar-refractivity contribution in [2.45, 2.75) is 13.8 Å². The first-order valence-electron chi connectivity index (χ1n) is 4.71. The lowest BCUT2D eigenvalue weighted by atomic mass is 10.2. The van der Waals surface area contributed by atoms with E-state index in [1.54, 1.807) is 0 Å². The third-order valence-electron chi connectivity index (χ3n) is 1.74. The minimum atomic E-state index is -0.782. The first kappa shape index (κ1) is 12.7. The molecular weight excluding hydrogens is 226 g/mol. The standard InChI is InChI=1S/C11H11NO5/c1-6(13)16-9-5-3-4-8(11(12)15)10(9)17-7(2)14/h3-5H,1-2H3,(H2,12,15). The van der Waals surface area contributed by atoms with E-state index in [-0.39, 0.29) is 17.1 Å². The molecule has 0 fully saturated rings. The average molecular weight is 237 g/mol. The van der Waals surface area contributed by atoms with Gasteiger partial charge in [-0.05, 0) is 12.1 Å². The van der Waals surface area contributed by atoms with Gasteiger partial charge in [0.25, 0.3) is 5.91 Å². The highest BCUT2D eigenvalue weighted by atomic mass is 16.6. The smallest absolute Gasteiger partial charge is 0.308 e. The van der Waals surface area contributed by atoms with Gasteiger partial charge >= 0.3 is 11.9 Å². The third-order valence-corrected chi connectivity index (χ3v) is 1.74. The highest BCUT2D eigenvalue weighted by Gasteiger charge is 2.18. The lowest BCUT2D eigenvalue weighted by Gasteiger charge is -2.10. The summed E-state index contributed by atoms with van der Waals surface area (Å²) >= 11 is 0. The predicted molar refractivity (Wildman–Crippen MR) is 57.6 cm³/mol. The number of rotatable bonds is 3. The second-order valence-corrected chi connectivity index (χ2v) is 3.18. The van der Waals surface area contributed by atoms with Gasteiger partial charge in [-0.25, -0.2) is 0 Å². The molecule has 0 spiro atoms. The first-order valence-corrected chi connectivity index (χ1v) is 4.71. The first-order chi connectivity index (χ1) is 7.91. The van der Waals surface area contributed by atoms with Gasteiger partial charge in [-0.15, -0.1) is 0 Å². The molecule has 6 heteroatoms. The Morgan fingerprint density at radius 3 is 2.12 bits per heavy atom.